The number of nitro groups is 1. The summed E-state index contributed by atoms with van der Waals surface area (Å²) in [5, 5.41) is 14.3. The minimum Gasteiger partial charge on any atom is -0.312 e. The Bertz CT molecular complexity index is 638. The second-order valence-electron chi connectivity index (χ2n) is 4.59. The lowest BCUT2D eigenvalue weighted by Gasteiger charge is -2.30. The zero-order chi connectivity index (χ0) is 14.9. The number of halogens is 2. The zero-order valence-corrected chi connectivity index (χ0v) is 13.5. The van der Waals surface area contributed by atoms with Gasteiger partial charge in [0.1, 0.15) is 0 Å². The van der Waals surface area contributed by atoms with E-state index in [0.29, 0.717) is 6.54 Å². The molecule has 1 aliphatic rings. The van der Waals surface area contributed by atoms with Gasteiger partial charge in [-0.1, -0.05) is 11.6 Å². The fourth-order valence-corrected chi connectivity index (χ4v) is 3.94. The molecule has 2 rings (SSSR count). The highest BCUT2D eigenvalue weighted by Crippen LogP contribution is 2.29. The second kappa shape index (κ2) is 6.89. The van der Waals surface area contributed by atoms with Gasteiger partial charge in [0.05, 0.1) is 4.92 Å². The Labute approximate surface area is 133 Å². The summed E-state index contributed by atoms with van der Waals surface area (Å²) in [5.74, 6) is 0. The average Bonchev–Trinajstić information content (AvgIpc) is 2.38. The minimum absolute atomic E-state index is 0. The minimum atomic E-state index is -3.89. The van der Waals surface area contributed by atoms with Crippen LogP contribution in [-0.4, -0.2) is 43.3 Å². The molecule has 0 amide bonds. The molecule has 1 fully saturated rings. The van der Waals surface area contributed by atoms with Gasteiger partial charge < -0.3 is 5.32 Å². The first-order valence-corrected chi connectivity index (χ1v) is 7.81. The Kier molecular flexibility index (Phi) is 5.94. The summed E-state index contributed by atoms with van der Waals surface area (Å²) in [4.78, 5) is 9.97. The zero-order valence-electron chi connectivity index (χ0n) is 11.2. The predicted molar refractivity (Wildman–Crippen MR) is 81.6 cm³/mol. The van der Waals surface area contributed by atoms with Gasteiger partial charge in [-0.2, -0.15) is 4.31 Å². The molecule has 1 aromatic carbocycles. The van der Waals surface area contributed by atoms with Crippen LogP contribution in [0.2, 0.25) is 5.02 Å². The molecule has 1 aliphatic heterocycles. The van der Waals surface area contributed by atoms with E-state index < -0.39 is 20.6 Å². The molecule has 1 atom stereocenters. The summed E-state index contributed by atoms with van der Waals surface area (Å²) in [6.45, 7) is 2.94. The third-order valence-electron chi connectivity index (χ3n) is 3.07. The molecule has 0 unspecified atom stereocenters. The van der Waals surface area contributed by atoms with Crippen LogP contribution in [0.25, 0.3) is 0 Å². The maximum atomic E-state index is 12.5. The Balaban J connectivity index is 0.00000220. The van der Waals surface area contributed by atoms with Crippen molar-refractivity contribution in [2.24, 2.45) is 0 Å². The number of piperazine rings is 1. The second-order valence-corrected chi connectivity index (χ2v) is 6.93. The highest BCUT2D eigenvalue weighted by molar-refractivity contribution is 7.89. The molecule has 1 N–H and O–H groups in total. The third kappa shape index (κ3) is 3.83. The maximum absolute atomic E-state index is 12.5. The maximum Gasteiger partial charge on any atom is 0.290 e. The fourth-order valence-electron chi connectivity index (χ4n) is 2.11. The van der Waals surface area contributed by atoms with Crippen molar-refractivity contribution < 1.29 is 13.3 Å². The number of nitro benzene ring substituents is 1. The van der Waals surface area contributed by atoms with Crippen LogP contribution in [-0.2, 0) is 10.0 Å². The van der Waals surface area contributed by atoms with Crippen molar-refractivity contribution in [2.45, 2.75) is 17.9 Å². The molecule has 0 radical (unpaired) electrons. The molecule has 0 spiro atoms. The Morgan fingerprint density at radius 3 is 2.71 bits per heavy atom. The van der Waals surface area contributed by atoms with Gasteiger partial charge in [0.2, 0.25) is 10.0 Å². The summed E-state index contributed by atoms with van der Waals surface area (Å²) >= 11 is 5.70. The molecule has 1 aromatic rings. The van der Waals surface area contributed by atoms with Gasteiger partial charge in [0.25, 0.3) is 5.69 Å². The number of hydrogen-bond donors (Lipinski definition) is 1. The molecule has 0 aliphatic carbocycles. The average molecular weight is 356 g/mol. The molecule has 0 aromatic heterocycles. The first-order chi connectivity index (χ1) is 9.32. The molecule has 1 heterocycles. The topological polar surface area (TPSA) is 92.5 Å². The number of rotatable bonds is 3. The van der Waals surface area contributed by atoms with Crippen LogP contribution in [0, 0.1) is 10.1 Å². The summed E-state index contributed by atoms with van der Waals surface area (Å²) < 4.78 is 26.3. The van der Waals surface area contributed by atoms with Gasteiger partial charge in [-0.05, 0) is 19.1 Å². The molecule has 7 nitrogen and oxygen atoms in total. The monoisotopic (exact) mass is 355 g/mol. The predicted octanol–water partition coefficient (Wildman–Crippen LogP) is 1.65. The number of sulfonamides is 1. The number of benzene rings is 1. The van der Waals surface area contributed by atoms with Gasteiger partial charge in [0, 0.05) is 36.8 Å². The first kappa shape index (κ1) is 18.1. The third-order valence-corrected chi connectivity index (χ3v) is 5.21. The molecule has 1 saturated heterocycles. The van der Waals surface area contributed by atoms with Crippen molar-refractivity contribution in [2.75, 3.05) is 19.6 Å². The van der Waals surface area contributed by atoms with E-state index in [-0.39, 0.29) is 41.5 Å². The molecule has 118 valence electrons. The van der Waals surface area contributed by atoms with E-state index in [1.807, 2.05) is 6.92 Å². The Morgan fingerprint density at radius 2 is 2.14 bits per heavy atom. The van der Waals surface area contributed by atoms with Crippen LogP contribution in [0.5, 0.6) is 0 Å². The molecule has 0 bridgehead atoms. The van der Waals surface area contributed by atoms with E-state index in [4.69, 9.17) is 11.6 Å². The Hall–Kier alpha value is -0.930. The van der Waals surface area contributed by atoms with Crippen LogP contribution >= 0.6 is 24.0 Å². The van der Waals surface area contributed by atoms with E-state index in [9.17, 15) is 18.5 Å². The van der Waals surface area contributed by atoms with Gasteiger partial charge >= 0.3 is 0 Å². The highest BCUT2D eigenvalue weighted by Gasteiger charge is 2.33. The first-order valence-electron chi connectivity index (χ1n) is 6.00. The summed E-state index contributed by atoms with van der Waals surface area (Å²) in [5.41, 5.74) is -0.497. The van der Waals surface area contributed by atoms with Crippen molar-refractivity contribution in [1.29, 1.82) is 0 Å². The molecular formula is C11H15Cl2N3O4S. The lowest BCUT2D eigenvalue weighted by Crippen LogP contribution is -2.51. The van der Waals surface area contributed by atoms with Crippen LogP contribution in [0.3, 0.4) is 0 Å². The van der Waals surface area contributed by atoms with Crippen LogP contribution in [0.15, 0.2) is 23.1 Å². The van der Waals surface area contributed by atoms with E-state index >= 15 is 0 Å². The lowest BCUT2D eigenvalue weighted by molar-refractivity contribution is -0.387. The van der Waals surface area contributed by atoms with Crippen molar-refractivity contribution >= 4 is 39.7 Å². The van der Waals surface area contributed by atoms with Gasteiger partial charge in [-0.25, -0.2) is 8.42 Å². The van der Waals surface area contributed by atoms with E-state index in [1.54, 1.807) is 0 Å². The molecule has 0 saturated carbocycles. The van der Waals surface area contributed by atoms with E-state index in [2.05, 4.69) is 5.32 Å². The summed E-state index contributed by atoms with van der Waals surface area (Å²) in [7, 11) is -3.89. The quantitative estimate of drug-likeness (QED) is 0.657. The Morgan fingerprint density at radius 1 is 1.48 bits per heavy atom. The number of hydrogen-bond acceptors (Lipinski definition) is 5. The highest BCUT2D eigenvalue weighted by atomic mass is 35.5. The summed E-state index contributed by atoms with van der Waals surface area (Å²) in [6, 6.07) is 3.58. The SMILES string of the molecule is C[C@@H]1CN(S(=O)(=O)c2ccc(Cl)cc2[N+](=O)[O-])CCN1.Cl. The normalized spacial score (nSPS) is 19.8. The van der Waals surface area contributed by atoms with Crippen molar-refractivity contribution in [3.63, 3.8) is 0 Å². The smallest absolute Gasteiger partial charge is 0.290 e. The van der Waals surface area contributed by atoms with Crippen molar-refractivity contribution in [3.8, 4) is 0 Å². The largest absolute Gasteiger partial charge is 0.312 e. The van der Waals surface area contributed by atoms with E-state index in [1.165, 1.54) is 16.4 Å². The number of nitrogens with one attached hydrogen (secondary N) is 1. The fraction of sp³-hybridized carbons (Fsp3) is 0.455. The van der Waals surface area contributed by atoms with Crippen molar-refractivity contribution in [3.05, 3.63) is 33.3 Å². The molecular weight excluding hydrogens is 341 g/mol. The van der Waals surface area contributed by atoms with E-state index in [0.717, 1.165) is 6.07 Å². The standard InChI is InChI=1S/C11H14ClN3O4S.ClH/c1-8-7-14(5-4-13-8)20(18,19)11-3-2-9(12)6-10(11)15(16)17;/h2-3,6,8,13H,4-5,7H2,1H3;1H/t8-;/m1./s1. The van der Waals surface area contributed by atoms with Crippen LogP contribution in [0.1, 0.15) is 6.92 Å². The molecule has 21 heavy (non-hydrogen) atoms. The van der Waals surface area contributed by atoms with Crippen molar-refractivity contribution in [1.82, 2.24) is 9.62 Å². The summed E-state index contributed by atoms with van der Waals surface area (Å²) in [6.07, 6.45) is 0. The van der Waals surface area contributed by atoms with Gasteiger partial charge in [0.15, 0.2) is 4.90 Å². The number of nitrogens with zero attached hydrogens (tertiary/aromatic N) is 2. The van der Waals surface area contributed by atoms with Crippen LogP contribution < -0.4 is 5.32 Å². The van der Waals surface area contributed by atoms with Gasteiger partial charge in [-0.15, -0.1) is 12.4 Å². The van der Waals surface area contributed by atoms with Gasteiger partial charge in [-0.3, -0.25) is 10.1 Å². The molecule has 10 heteroatoms. The lowest BCUT2D eigenvalue weighted by atomic mass is 10.3. The van der Waals surface area contributed by atoms with Crippen LogP contribution in [0.4, 0.5) is 5.69 Å².